The molecule has 0 amide bonds. The lowest BCUT2D eigenvalue weighted by atomic mass is 9.87. The predicted octanol–water partition coefficient (Wildman–Crippen LogP) is 4.51. The molecule has 0 fully saturated rings. The molecule has 3 heteroatoms. The first kappa shape index (κ1) is 14.5. The summed E-state index contributed by atoms with van der Waals surface area (Å²) in [5.41, 5.74) is 2.38. The number of hydrogen-bond acceptors (Lipinski definition) is 3. The van der Waals surface area contributed by atoms with Crippen LogP contribution >= 0.6 is 0 Å². The van der Waals surface area contributed by atoms with Crippen LogP contribution in [0.3, 0.4) is 0 Å². The number of anilines is 1. The Hall–Kier alpha value is -1.90. The van der Waals surface area contributed by atoms with Crippen molar-refractivity contribution in [3.8, 4) is 5.75 Å². The number of nitrogens with one attached hydrogen (secondary N) is 1. The van der Waals surface area contributed by atoms with Crippen molar-refractivity contribution in [1.82, 2.24) is 0 Å². The molecule has 1 heterocycles. The van der Waals surface area contributed by atoms with Gasteiger partial charge in [-0.25, -0.2) is 0 Å². The molecule has 1 N–H and O–H groups in total. The van der Waals surface area contributed by atoms with Crippen molar-refractivity contribution in [3.05, 3.63) is 47.4 Å². The van der Waals surface area contributed by atoms with E-state index in [1.54, 1.807) is 7.11 Å². The highest BCUT2D eigenvalue weighted by molar-refractivity contribution is 5.59. The fourth-order valence-electron chi connectivity index (χ4n) is 2.08. The molecule has 0 saturated carbocycles. The first-order chi connectivity index (χ1) is 9.40. The van der Waals surface area contributed by atoms with Crippen molar-refractivity contribution in [2.24, 2.45) is 0 Å². The molecule has 1 aromatic carbocycles. The van der Waals surface area contributed by atoms with Gasteiger partial charge in [0.2, 0.25) is 0 Å². The minimum absolute atomic E-state index is 0.115. The maximum absolute atomic E-state index is 5.57. The van der Waals surface area contributed by atoms with Gasteiger partial charge in [0, 0.05) is 0 Å². The van der Waals surface area contributed by atoms with Crippen LogP contribution in [0.2, 0.25) is 0 Å². The van der Waals surface area contributed by atoms with Gasteiger partial charge in [-0.3, -0.25) is 0 Å². The minimum atomic E-state index is 0.115. The molecule has 0 aliphatic carbocycles. The van der Waals surface area contributed by atoms with Gasteiger partial charge in [-0.05, 0) is 42.2 Å². The predicted molar refractivity (Wildman–Crippen MR) is 82.5 cm³/mol. The third kappa shape index (κ3) is 3.35. The number of aryl methyl sites for hydroxylation is 1. The maximum atomic E-state index is 5.57. The molecule has 2 rings (SSSR count). The van der Waals surface area contributed by atoms with Crippen molar-refractivity contribution >= 4 is 5.69 Å². The lowest BCUT2D eigenvalue weighted by Crippen LogP contribution is -2.12. The van der Waals surface area contributed by atoms with Crippen molar-refractivity contribution in [3.63, 3.8) is 0 Å². The zero-order valence-corrected chi connectivity index (χ0v) is 12.9. The third-order valence-electron chi connectivity index (χ3n) is 3.31. The van der Waals surface area contributed by atoms with Crippen LogP contribution in [0.4, 0.5) is 5.69 Å². The molecule has 0 unspecified atom stereocenters. The number of hydrogen-bond donors (Lipinski definition) is 1. The van der Waals surface area contributed by atoms with Crippen LogP contribution in [0.25, 0.3) is 0 Å². The van der Waals surface area contributed by atoms with Gasteiger partial charge in [0.25, 0.3) is 0 Å². The number of ether oxygens (including phenoxy) is 1. The van der Waals surface area contributed by atoms with Gasteiger partial charge < -0.3 is 14.5 Å². The van der Waals surface area contributed by atoms with Crippen molar-refractivity contribution in [1.29, 1.82) is 0 Å². The zero-order chi connectivity index (χ0) is 14.8. The maximum Gasteiger partial charge on any atom is 0.141 e. The van der Waals surface area contributed by atoms with Gasteiger partial charge >= 0.3 is 0 Å². The van der Waals surface area contributed by atoms with Crippen LogP contribution in [0.1, 0.15) is 37.9 Å². The highest BCUT2D eigenvalue weighted by Gasteiger charge is 2.16. The third-order valence-corrected chi connectivity index (χ3v) is 3.31. The van der Waals surface area contributed by atoms with E-state index in [0.717, 1.165) is 23.0 Å². The highest BCUT2D eigenvalue weighted by Crippen LogP contribution is 2.31. The summed E-state index contributed by atoms with van der Waals surface area (Å²) in [6.07, 6.45) is 0. The van der Waals surface area contributed by atoms with Gasteiger partial charge in [-0.2, -0.15) is 0 Å². The van der Waals surface area contributed by atoms with Crippen LogP contribution in [0.15, 0.2) is 34.7 Å². The zero-order valence-electron chi connectivity index (χ0n) is 12.9. The van der Waals surface area contributed by atoms with E-state index in [0.29, 0.717) is 6.54 Å². The standard InChI is InChI=1S/C17H23NO2/c1-12-6-8-14(20-12)11-18-15-10-13(17(2,3)4)7-9-16(15)19-5/h6-10,18H,11H2,1-5H3. The summed E-state index contributed by atoms with van der Waals surface area (Å²) < 4.78 is 11.0. The Morgan fingerprint density at radius 3 is 2.45 bits per heavy atom. The Balaban J connectivity index is 2.20. The first-order valence-electron chi connectivity index (χ1n) is 6.88. The van der Waals surface area contributed by atoms with E-state index in [-0.39, 0.29) is 5.41 Å². The average molecular weight is 273 g/mol. The first-order valence-corrected chi connectivity index (χ1v) is 6.88. The molecule has 0 atom stereocenters. The van der Waals surface area contributed by atoms with E-state index in [9.17, 15) is 0 Å². The largest absolute Gasteiger partial charge is 0.495 e. The Morgan fingerprint density at radius 1 is 1.15 bits per heavy atom. The van der Waals surface area contributed by atoms with Crippen molar-refractivity contribution < 1.29 is 9.15 Å². The highest BCUT2D eigenvalue weighted by atomic mass is 16.5. The molecule has 2 aromatic rings. The van der Waals surface area contributed by atoms with E-state index in [1.807, 2.05) is 25.1 Å². The summed E-state index contributed by atoms with van der Waals surface area (Å²) in [7, 11) is 1.69. The van der Waals surface area contributed by atoms with Crippen molar-refractivity contribution in [2.45, 2.75) is 39.7 Å². The molecule has 0 bridgehead atoms. The minimum Gasteiger partial charge on any atom is -0.495 e. The van der Waals surface area contributed by atoms with Crippen LogP contribution in [-0.2, 0) is 12.0 Å². The van der Waals surface area contributed by atoms with Gasteiger partial charge in [-0.1, -0.05) is 26.8 Å². The Kier molecular flexibility index (Phi) is 4.07. The summed E-state index contributed by atoms with van der Waals surface area (Å²) in [5.74, 6) is 2.70. The lowest BCUT2D eigenvalue weighted by molar-refractivity contribution is 0.415. The number of benzene rings is 1. The topological polar surface area (TPSA) is 34.4 Å². The van der Waals surface area contributed by atoms with Gasteiger partial charge in [-0.15, -0.1) is 0 Å². The molecule has 0 aliphatic rings. The molecule has 0 aliphatic heterocycles. The van der Waals surface area contributed by atoms with Gasteiger partial charge in [0.1, 0.15) is 17.3 Å². The average Bonchev–Trinajstić information content (AvgIpc) is 2.80. The van der Waals surface area contributed by atoms with E-state index < -0.39 is 0 Å². The van der Waals surface area contributed by atoms with Gasteiger partial charge in [0.15, 0.2) is 0 Å². The number of furan rings is 1. The fraction of sp³-hybridized carbons (Fsp3) is 0.412. The quantitative estimate of drug-likeness (QED) is 0.890. The fourth-order valence-corrected chi connectivity index (χ4v) is 2.08. The summed E-state index contributed by atoms with van der Waals surface area (Å²) in [4.78, 5) is 0. The van der Waals surface area contributed by atoms with E-state index in [1.165, 1.54) is 5.56 Å². The van der Waals surface area contributed by atoms with Gasteiger partial charge in [0.05, 0.1) is 19.3 Å². The second-order valence-corrected chi connectivity index (χ2v) is 6.03. The van der Waals surface area contributed by atoms with E-state index in [4.69, 9.17) is 9.15 Å². The van der Waals surface area contributed by atoms with Crippen LogP contribution < -0.4 is 10.1 Å². The van der Waals surface area contributed by atoms with Crippen molar-refractivity contribution in [2.75, 3.05) is 12.4 Å². The molecule has 1 aromatic heterocycles. The summed E-state index contributed by atoms with van der Waals surface area (Å²) >= 11 is 0. The molecule has 0 radical (unpaired) electrons. The monoisotopic (exact) mass is 273 g/mol. The lowest BCUT2D eigenvalue weighted by Gasteiger charge is -2.21. The number of rotatable bonds is 4. The van der Waals surface area contributed by atoms with E-state index >= 15 is 0 Å². The van der Waals surface area contributed by atoms with Crippen LogP contribution in [-0.4, -0.2) is 7.11 Å². The SMILES string of the molecule is COc1ccc(C(C)(C)C)cc1NCc1ccc(C)o1. The molecule has 0 spiro atoms. The second kappa shape index (κ2) is 5.61. The Morgan fingerprint density at radius 2 is 1.90 bits per heavy atom. The Bertz CT molecular complexity index is 579. The smallest absolute Gasteiger partial charge is 0.141 e. The summed E-state index contributed by atoms with van der Waals surface area (Å²) in [5, 5.41) is 3.39. The normalized spacial score (nSPS) is 11.4. The van der Waals surface area contributed by atoms with E-state index in [2.05, 4.69) is 38.2 Å². The molecule has 0 saturated heterocycles. The summed E-state index contributed by atoms with van der Waals surface area (Å²) in [6.45, 7) is 9.21. The molecule has 3 nitrogen and oxygen atoms in total. The number of methoxy groups -OCH3 is 1. The van der Waals surface area contributed by atoms with Crippen LogP contribution in [0.5, 0.6) is 5.75 Å². The molecule has 108 valence electrons. The Labute approximate surface area is 121 Å². The molecular formula is C17H23NO2. The second-order valence-electron chi connectivity index (χ2n) is 6.03. The summed E-state index contributed by atoms with van der Waals surface area (Å²) in [6, 6.07) is 10.2. The molecular weight excluding hydrogens is 250 g/mol. The van der Waals surface area contributed by atoms with Crippen LogP contribution in [0, 0.1) is 6.92 Å². The molecule has 20 heavy (non-hydrogen) atoms.